The summed E-state index contributed by atoms with van der Waals surface area (Å²) >= 11 is 0. The van der Waals surface area contributed by atoms with Gasteiger partial charge in [0.2, 0.25) is 0 Å². The fraction of sp³-hybridized carbons (Fsp3) is 0.900. The fourth-order valence-corrected chi connectivity index (χ4v) is 2.02. The van der Waals surface area contributed by atoms with Gasteiger partial charge in [0.25, 0.3) is 0 Å². The van der Waals surface area contributed by atoms with E-state index in [-0.39, 0.29) is 30.6 Å². The third-order valence-corrected chi connectivity index (χ3v) is 2.80. The first-order chi connectivity index (χ1) is 6.54. The molecule has 0 heterocycles. The van der Waals surface area contributed by atoms with Crippen molar-refractivity contribution >= 4 is 5.97 Å². The first-order valence-electron chi connectivity index (χ1n) is 4.90. The Morgan fingerprint density at radius 3 is 2.36 bits per heavy atom. The Balaban J connectivity index is 2.35. The second kappa shape index (κ2) is 4.71. The second-order valence-electron chi connectivity index (χ2n) is 4.03. The van der Waals surface area contributed by atoms with E-state index in [1.165, 1.54) is 7.11 Å². The molecule has 14 heavy (non-hydrogen) atoms. The highest BCUT2D eigenvalue weighted by molar-refractivity contribution is 5.71. The Hall–Kier alpha value is -0.670. The minimum Gasteiger partial charge on any atom is -0.469 e. The van der Waals surface area contributed by atoms with Gasteiger partial charge < -0.3 is 4.74 Å². The Bertz CT molecular complexity index is 198. The van der Waals surface area contributed by atoms with E-state index in [1.807, 2.05) is 0 Å². The molecular formula is C10H16F2O2. The van der Waals surface area contributed by atoms with Crippen LogP contribution >= 0.6 is 0 Å². The molecule has 0 saturated heterocycles. The average molecular weight is 206 g/mol. The van der Waals surface area contributed by atoms with Crippen LogP contribution in [0.25, 0.3) is 0 Å². The monoisotopic (exact) mass is 206 g/mol. The van der Waals surface area contributed by atoms with Crippen LogP contribution in [0.4, 0.5) is 8.78 Å². The molecule has 2 nitrogen and oxygen atoms in total. The minimum absolute atomic E-state index is 0.0194. The van der Waals surface area contributed by atoms with Crippen molar-refractivity contribution in [2.24, 2.45) is 11.8 Å². The first kappa shape index (κ1) is 11.4. The molecule has 0 aromatic rings. The van der Waals surface area contributed by atoms with Crippen LogP contribution in [0.15, 0.2) is 0 Å². The van der Waals surface area contributed by atoms with Crippen molar-refractivity contribution in [3.8, 4) is 0 Å². The number of carbonyl (C=O) groups excluding carboxylic acids is 1. The number of hydrogen-bond acceptors (Lipinski definition) is 2. The summed E-state index contributed by atoms with van der Waals surface area (Å²) in [6.45, 7) is 1.73. The lowest BCUT2D eigenvalue weighted by Gasteiger charge is -2.13. The summed E-state index contributed by atoms with van der Waals surface area (Å²) < 4.78 is 30.2. The standard InChI is InChI=1S/C10H16F2O2/c1-6(10(13)14-2)3-7-4-8(11)9(12)5-7/h6-9H,3-5H2,1-2H3/t6-,7-,8+,9-/m0/s1. The molecule has 4 heteroatoms. The highest BCUT2D eigenvalue weighted by Gasteiger charge is 2.35. The highest BCUT2D eigenvalue weighted by atomic mass is 19.2. The summed E-state index contributed by atoms with van der Waals surface area (Å²) in [5, 5.41) is 0. The quantitative estimate of drug-likeness (QED) is 0.662. The molecule has 0 N–H and O–H groups in total. The molecule has 4 atom stereocenters. The van der Waals surface area contributed by atoms with Crippen LogP contribution in [-0.4, -0.2) is 25.4 Å². The molecule has 0 aliphatic heterocycles. The van der Waals surface area contributed by atoms with Gasteiger partial charge in [-0.25, -0.2) is 8.78 Å². The topological polar surface area (TPSA) is 26.3 Å². The van der Waals surface area contributed by atoms with E-state index >= 15 is 0 Å². The van der Waals surface area contributed by atoms with E-state index in [9.17, 15) is 13.6 Å². The van der Waals surface area contributed by atoms with Gasteiger partial charge in [0.1, 0.15) is 12.3 Å². The number of hydrogen-bond donors (Lipinski definition) is 0. The van der Waals surface area contributed by atoms with E-state index in [1.54, 1.807) is 6.92 Å². The summed E-state index contributed by atoms with van der Waals surface area (Å²) in [7, 11) is 1.32. The molecule has 1 aliphatic carbocycles. The van der Waals surface area contributed by atoms with Gasteiger partial charge in [-0.1, -0.05) is 6.92 Å². The van der Waals surface area contributed by atoms with Crippen molar-refractivity contribution < 1.29 is 18.3 Å². The van der Waals surface area contributed by atoms with Crippen LogP contribution in [-0.2, 0) is 9.53 Å². The maximum absolute atomic E-state index is 12.8. The maximum atomic E-state index is 12.8. The zero-order valence-electron chi connectivity index (χ0n) is 8.50. The van der Waals surface area contributed by atoms with E-state index in [0.717, 1.165) is 0 Å². The van der Waals surface area contributed by atoms with Gasteiger partial charge in [-0.05, 0) is 25.2 Å². The van der Waals surface area contributed by atoms with Crippen LogP contribution in [0.5, 0.6) is 0 Å². The largest absolute Gasteiger partial charge is 0.469 e. The summed E-state index contributed by atoms with van der Waals surface area (Å²) in [5.74, 6) is -0.584. The molecule has 0 spiro atoms. The van der Waals surface area contributed by atoms with Gasteiger partial charge in [0.15, 0.2) is 0 Å². The Morgan fingerprint density at radius 1 is 1.43 bits per heavy atom. The molecule has 1 aliphatic rings. The van der Waals surface area contributed by atoms with Gasteiger partial charge >= 0.3 is 5.97 Å². The SMILES string of the molecule is COC(=O)[C@@H](C)C[C@H]1C[C@@H](F)[C@@H](F)C1. The lowest BCUT2D eigenvalue weighted by Crippen LogP contribution is -2.15. The van der Waals surface area contributed by atoms with Crippen molar-refractivity contribution in [2.75, 3.05) is 7.11 Å². The zero-order chi connectivity index (χ0) is 10.7. The molecule has 1 saturated carbocycles. The molecule has 1 fully saturated rings. The van der Waals surface area contributed by atoms with Crippen molar-refractivity contribution in [2.45, 2.75) is 38.5 Å². The Kier molecular flexibility index (Phi) is 3.84. The molecule has 0 aromatic heterocycles. The smallest absolute Gasteiger partial charge is 0.308 e. The first-order valence-corrected chi connectivity index (χ1v) is 4.90. The predicted octanol–water partition coefficient (Wildman–Crippen LogP) is 2.27. The van der Waals surface area contributed by atoms with Gasteiger partial charge in [0.05, 0.1) is 13.0 Å². The average Bonchev–Trinajstić information content (AvgIpc) is 2.44. The summed E-state index contributed by atoms with van der Waals surface area (Å²) in [6, 6.07) is 0. The Labute approximate surface area is 82.6 Å². The lowest BCUT2D eigenvalue weighted by molar-refractivity contribution is -0.145. The number of esters is 1. The maximum Gasteiger partial charge on any atom is 0.308 e. The van der Waals surface area contributed by atoms with Crippen molar-refractivity contribution in [1.82, 2.24) is 0 Å². The minimum atomic E-state index is -1.34. The van der Waals surface area contributed by atoms with Crippen LogP contribution < -0.4 is 0 Å². The summed E-state index contributed by atoms with van der Waals surface area (Å²) in [5.41, 5.74) is 0. The molecule has 0 unspecified atom stereocenters. The van der Waals surface area contributed by atoms with Gasteiger partial charge in [-0.3, -0.25) is 4.79 Å². The number of methoxy groups -OCH3 is 1. The van der Waals surface area contributed by atoms with E-state index in [2.05, 4.69) is 4.74 Å². The van der Waals surface area contributed by atoms with Crippen LogP contribution in [0, 0.1) is 11.8 Å². The normalized spacial score (nSPS) is 34.1. The number of halogens is 2. The highest BCUT2D eigenvalue weighted by Crippen LogP contribution is 2.34. The predicted molar refractivity (Wildman–Crippen MR) is 48.3 cm³/mol. The van der Waals surface area contributed by atoms with Gasteiger partial charge in [-0.2, -0.15) is 0 Å². The molecular weight excluding hydrogens is 190 g/mol. The second-order valence-corrected chi connectivity index (χ2v) is 4.03. The van der Waals surface area contributed by atoms with E-state index < -0.39 is 12.3 Å². The molecule has 0 bridgehead atoms. The summed E-state index contributed by atoms with van der Waals surface area (Å²) in [6.07, 6.45) is -1.69. The van der Waals surface area contributed by atoms with Crippen LogP contribution in [0.2, 0.25) is 0 Å². The third kappa shape index (κ3) is 2.66. The van der Waals surface area contributed by atoms with E-state index in [4.69, 9.17) is 0 Å². The van der Waals surface area contributed by atoms with Crippen molar-refractivity contribution in [3.05, 3.63) is 0 Å². The fourth-order valence-electron chi connectivity index (χ4n) is 2.02. The van der Waals surface area contributed by atoms with Gasteiger partial charge in [0, 0.05) is 0 Å². The molecule has 0 radical (unpaired) electrons. The third-order valence-electron chi connectivity index (χ3n) is 2.80. The van der Waals surface area contributed by atoms with Crippen LogP contribution in [0.3, 0.4) is 0 Å². The Morgan fingerprint density at radius 2 is 1.93 bits per heavy atom. The number of ether oxygens (including phenoxy) is 1. The van der Waals surface area contributed by atoms with E-state index in [0.29, 0.717) is 6.42 Å². The van der Waals surface area contributed by atoms with Crippen molar-refractivity contribution in [1.29, 1.82) is 0 Å². The molecule has 82 valence electrons. The zero-order valence-corrected chi connectivity index (χ0v) is 8.50. The molecule has 1 rings (SSSR count). The van der Waals surface area contributed by atoms with Crippen molar-refractivity contribution in [3.63, 3.8) is 0 Å². The lowest BCUT2D eigenvalue weighted by atomic mass is 9.94. The number of alkyl halides is 2. The number of carbonyl (C=O) groups is 1. The summed E-state index contributed by atoms with van der Waals surface area (Å²) in [4.78, 5) is 11.1. The molecule has 0 amide bonds. The molecule has 0 aromatic carbocycles. The van der Waals surface area contributed by atoms with Gasteiger partial charge in [-0.15, -0.1) is 0 Å². The number of rotatable bonds is 3. The van der Waals surface area contributed by atoms with Crippen LogP contribution in [0.1, 0.15) is 26.2 Å².